The first-order valence-electron chi connectivity index (χ1n) is 11.4. The van der Waals surface area contributed by atoms with Crippen molar-refractivity contribution in [2.24, 2.45) is 5.14 Å². The van der Waals surface area contributed by atoms with E-state index in [0.717, 1.165) is 6.07 Å². The number of nitrogens with zero attached hydrogens (tertiary/aromatic N) is 2. The Kier molecular flexibility index (Phi) is 6.86. The van der Waals surface area contributed by atoms with Crippen LogP contribution in [-0.2, 0) is 16.2 Å². The molecule has 4 aromatic carbocycles. The first-order valence-corrected chi connectivity index (χ1v) is 13.3. The van der Waals surface area contributed by atoms with Gasteiger partial charge in [-0.05, 0) is 46.7 Å². The van der Waals surface area contributed by atoms with Crippen LogP contribution >= 0.6 is 11.6 Å². The van der Waals surface area contributed by atoms with Gasteiger partial charge in [0.1, 0.15) is 17.2 Å². The first-order chi connectivity index (χ1) is 18.8. The molecule has 0 aliphatic carbocycles. The van der Waals surface area contributed by atoms with E-state index in [4.69, 9.17) is 16.7 Å². The molecule has 0 saturated carbocycles. The third-order valence-corrected chi connectivity index (χ3v) is 7.28. The molecular weight excluding hydrogens is 572 g/mol. The van der Waals surface area contributed by atoms with Crippen LogP contribution in [0.1, 0.15) is 16.2 Å². The molecule has 5 aromatic rings. The Hall–Kier alpha value is -4.26. The Morgan fingerprint density at radius 3 is 2.23 bits per heavy atom. The Morgan fingerprint density at radius 2 is 1.57 bits per heavy atom. The number of nitrogens with one attached hydrogen (secondary N) is 1. The maximum Gasteiger partial charge on any atom is 0.435 e. The molecular formula is C27H17ClF4N4O3S. The van der Waals surface area contributed by atoms with Gasteiger partial charge in [0.25, 0.3) is 5.91 Å². The van der Waals surface area contributed by atoms with Crippen molar-refractivity contribution in [3.8, 4) is 16.8 Å². The van der Waals surface area contributed by atoms with Gasteiger partial charge >= 0.3 is 6.18 Å². The molecule has 0 fully saturated rings. The number of hydrogen-bond acceptors (Lipinski definition) is 4. The third kappa shape index (κ3) is 5.28. The number of fused-ring (bicyclic) bond motifs is 1. The number of hydrogen-bond donors (Lipinski definition) is 2. The fourth-order valence-electron chi connectivity index (χ4n) is 4.15. The Labute approximate surface area is 229 Å². The number of rotatable bonds is 5. The van der Waals surface area contributed by atoms with Gasteiger partial charge in [-0.15, -0.1) is 0 Å². The third-order valence-electron chi connectivity index (χ3n) is 6.00. The van der Waals surface area contributed by atoms with Crippen LogP contribution < -0.4 is 10.5 Å². The number of nitrogens with two attached hydrogens (primary N) is 1. The molecule has 0 aliphatic heterocycles. The van der Waals surface area contributed by atoms with Crippen molar-refractivity contribution in [1.29, 1.82) is 0 Å². The van der Waals surface area contributed by atoms with E-state index in [2.05, 4.69) is 10.4 Å². The molecule has 0 aliphatic rings. The van der Waals surface area contributed by atoms with Crippen molar-refractivity contribution in [2.45, 2.75) is 11.1 Å². The number of amides is 1. The maximum absolute atomic E-state index is 15.0. The van der Waals surface area contributed by atoms with E-state index >= 15 is 4.39 Å². The average Bonchev–Trinajstić information content (AvgIpc) is 3.35. The molecule has 1 aromatic heterocycles. The summed E-state index contributed by atoms with van der Waals surface area (Å²) in [5, 5.41) is 12.2. The van der Waals surface area contributed by atoms with E-state index in [1.165, 1.54) is 42.5 Å². The average molecular weight is 589 g/mol. The van der Waals surface area contributed by atoms with Gasteiger partial charge in [-0.3, -0.25) is 4.79 Å². The Bertz CT molecular complexity index is 1910. The van der Waals surface area contributed by atoms with Crippen LogP contribution in [0.2, 0.25) is 5.02 Å². The zero-order valence-corrected chi connectivity index (χ0v) is 21.6. The summed E-state index contributed by atoms with van der Waals surface area (Å²) < 4.78 is 80.2. The zero-order chi connectivity index (χ0) is 28.8. The second-order valence-corrected chi connectivity index (χ2v) is 10.6. The van der Waals surface area contributed by atoms with Crippen LogP contribution in [0.15, 0.2) is 89.8 Å². The van der Waals surface area contributed by atoms with Gasteiger partial charge < -0.3 is 5.32 Å². The molecule has 0 radical (unpaired) electrons. The van der Waals surface area contributed by atoms with Gasteiger partial charge in [-0.1, -0.05) is 60.1 Å². The molecule has 0 atom stereocenters. The van der Waals surface area contributed by atoms with Crippen molar-refractivity contribution in [1.82, 2.24) is 9.78 Å². The summed E-state index contributed by atoms with van der Waals surface area (Å²) >= 11 is 6.34. The molecule has 0 spiro atoms. The van der Waals surface area contributed by atoms with E-state index in [0.29, 0.717) is 27.1 Å². The highest BCUT2D eigenvalue weighted by Crippen LogP contribution is 2.34. The normalized spacial score (nSPS) is 12.1. The van der Waals surface area contributed by atoms with Crippen molar-refractivity contribution in [3.63, 3.8) is 0 Å². The smallest absolute Gasteiger partial charge is 0.319 e. The number of anilines is 1. The molecule has 13 heteroatoms. The molecule has 5 rings (SSSR count). The molecule has 0 unspecified atom stereocenters. The lowest BCUT2D eigenvalue weighted by atomic mass is 10.1. The van der Waals surface area contributed by atoms with E-state index < -0.39 is 39.3 Å². The lowest BCUT2D eigenvalue weighted by Crippen LogP contribution is -2.18. The highest BCUT2D eigenvalue weighted by molar-refractivity contribution is 7.89. The molecule has 40 heavy (non-hydrogen) atoms. The van der Waals surface area contributed by atoms with Crippen LogP contribution in [0.3, 0.4) is 0 Å². The standard InChI is InChI=1S/C27H17ClF4N4O3S/c28-19-11-17(18-7-3-4-8-24(18)40(33,38)39)9-10-21(19)34-26(37)23-14-25(27(30,31)32)35-36(23)22-13-16-6-2-1-5-15(16)12-20(22)29/h1-14H,(H,34,37)(H2,33,38,39). The lowest BCUT2D eigenvalue weighted by Gasteiger charge is -2.13. The van der Waals surface area contributed by atoms with Crippen LogP contribution in [0.5, 0.6) is 0 Å². The predicted octanol–water partition coefficient (Wildman–Crippen LogP) is 6.40. The predicted molar refractivity (Wildman–Crippen MR) is 142 cm³/mol. The van der Waals surface area contributed by atoms with Gasteiger partial charge in [0.2, 0.25) is 10.0 Å². The summed E-state index contributed by atoms with van der Waals surface area (Å²) in [6.07, 6.45) is -4.91. The van der Waals surface area contributed by atoms with Crippen molar-refractivity contribution in [3.05, 3.63) is 107 Å². The molecule has 204 valence electrons. The number of primary sulfonamides is 1. The summed E-state index contributed by atoms with van der Waals surface area (Å²) in [5.74, 6) is -1.93. The summed E-state index contributed by atoms with van der Waals surface area (Å²) in [5.41, 5.74) is -1.74. The maximum atomic E-state index is 15.0. The van der Waals surface area contributed by atoms with Gasteiger partial charge in [0.05, 0.1) is 15.6 Å². The fraction of sp³-hybridized carbons (Fsp3) is 0.0370. The zero-order valence-electron chi connectivity index (χ0n) is 20.1. The van der Waals surface area contributed by atoms with Crippen molar-refractivity contribution < 1.29 is 30.8 Å². The number of carbonyl (C=O) groups is 1. The number of aromatic nitrogens is 2. The molecule has 3 N–H and O–H groups in total. The van der Waals surface area contributed by atoms with Gasteiger partial charge in [0, 0.05) is 11.6 Å². The minimum Gasteiger partial charge on any atom is -0.319 e. The monoisotopic (exact) mass is 588 g/mol. The molecule has 7 nitrogen and oxygen atoms in total. The second kappa shape index (κ2) is 10.0. The highest BCUT2D eigenvalue weighted by Gasteiger charge is 2.36. The van der Waals surface area contributed by atoms with Crippen LogP contribution in [0.4, 0.5) is 23.2 Å². The summed E-state index contributed by atoms with van der Waals surface area (Å²) in [4.78, 5) is 13.1. The van der Waals surface area contributed by atoms with Crippen LogP contribution in [0, 0.1) is 5.82 Å². The quantitative estimate of drug-likeness (QED) is 0.232. The fourth-order valence-corrected chi connectivity index (χ4v) is 5.14. The summed E-state index contributed by atoms with van der Waals surface area (Å²) in [6.45, 7) is 0. The van der Waals surface area contributed by atoms with E-state index in [1.54, 1.807) is 30.3 Å². The number of benzene rings is 4. The lowest BCUT2D eigenvalue weighted by molar-refractivity contribution is -0.141. The first kappa shape index (κ1) is 27.3. The van der Waals surface area contributed by atoms with Crippen molar-refractivity contribution in [2.75, 3.05) is 5.32 Å². The molecule has 0 saturated heterocycles. The van der Waals surface area contributed by atoms with Crippen LogP contribution in [-0.4, -0.2) is 24.1 Å². The highest BCUT2D eigenvalue weighted by atomic mass is 35.5. The number of alkyl halides is 3. The summed E-state index contributed by atoms with van der Waals surface area (Å²) in [7, 11) is -4.06. The minimum absolute atomic E-state index is 0.00351. The number of carbonyl (C=O) groups excluding carboxylic acids is 1. The van der Waals surface area contributed by atoms with Crippen LogP contribution in [0.25, 0.3) is 27.6 Å². The minimum atomic E-state index is -4.91. The topological polar surface area (TPSA) is 107 Å². The van der Waals surface area contributed by atoms with E-state index in [-0.39, 0.29) is 26.9 Å². The molecule has 1 amide bonds. The van der Waals surface area contributed by atoms with Gasteiger partial charge in [-0.2, -0.15) is 18.3 Å². The Morgan fingerprint density at radius 1 is 0.925 bits per heavy atom. The second-order valence-electron chi connectivity index (χ2n) is 8.67. The van der Waals surface area contributed by atoms with E-state index in [9.17, 15) is 26.4 Å². The SMILES string of the molecule is NS(=O)(=O)c1ccccc1-c1ccc(NC(=O)c2cc(C(F)(F)F)nn2-c2cc3ccccc3cc2F)c(Cl)c1. The van der Waals surface area contributed by atoms with Crippen molar-refractivity contribution >= 4 is 44.0 Å². The number of halogens is 5. The Balaban J connectivity index is 1.54. The number of sulfonamides is 1. The summed E-state index contributed by atoms with van der Waals surface area (Å²) in [6, 6.07) is 19.6. The van der Waals surface area contributed by atoms with Gasteiger partial charge in [-0.25, -0.2) is 22.6 Å². The largest absolute Gasteiger partial charge is 0.435 e. The molecule has 1 heterocycles. The van der Waals surface area contributed by atoms with Gasteiger partial charge in [0.15, 0.2) is 5.69 Å². The van der Waals surface area contributed by atoms with E-state index in [1.807, 2.05) is 0 Å². The molecule has 0 bridgehead atoms.